The van der Waals surface area contributed by atoms with E-state index in [0.29, 0.717) is 29.4 Å². The lowest BCUT2D eigenvalue weighted by molar-refractivity contribution is -0.0345. The summed E-state index contributed by atoms with van der Waals surface area (Å²) in [5.74, 6) is 0. The monoisotopic (exact) mass is 379 g/mol. The first-order chi connectivity index (χ1) is 11.9. The average Bonchev–Trinajstić information content (AvgIpc) is 2.59. The standard InChI is InChI=1S/C20H23Cl2NO2/c1-14-3-2-4-16(11-14)20(25)7-9-23(10-8-20)13-19(24)15-5-6-17(21)18(22)12-15/h2-6,11-12,19,24-25H,7-10,13H2,1H3/t19-/m1/s1. The Morgan fingerprint density at radius 2 is 1.80 bits per heavy atom. The van der Waals surface area contributed by atoms with E-state index in [-0.39, 0.29) is 0 Å². The molecule has 1 heterocycles. The van der Waals surface area contributed by atoms with Gasteiger partial charge in [0.25, 0.3) is 0 Å². The van der Waals surface area contributed by atoms with Crippen LogP contribution in [0.5, 0.6) is 0 Å². The maximum absolute atomic E-state index is 11.0. The average molecular weight is 380 g/mol. The van der Waals surface area contributed by atoms with Crippen LogP contribution in [0.3, 0.4) is 0 Å². The van der Waals surface area contributed by atoms with Gasteiger partial charge in [-0.3, -0.25) is 0 Å². The summed E-state index contributed by atoms with van der Waals surface area (Å²) in [6.45, 7) is 4.03. The van der Waals surface area contributed by atoms with Gasteiger partial charge in [0, 0.05) is 19.6 Å². The third-order valence-corrected chi connectivity index (χ3v) is 5.74. The van der Waals surface area contributed by atoms with Gasteiger partial charge in [0.05, 0.1) is 21.8 Å². The van der Waals surface area contributed by atoms with Crippen molar-refractivity contribution in [3.05, 3.63) is 69.2 Å². The Kier molecular flexibility index (Phi) is 5.71. The van der Waals surface area contributed by atoms with E-state index in [1.165, 1.54) is 0 Å². The Balaban J connectivity index is 1.61. The SMILES string of the molecule is Cc1cccc(C2(O)CCN(C[C@@H](O)c3ccc(Cl)c(Cl)c3)CC2)c1. The van der Waals surface area contributed by atoms with E-state index in [1.54, 1.807) is 18.2 Å². The molecule has 0 bridgehead atoms. The molecule has 1 aliphatic rings. The summed E-state index contributed by atoms with van der Waals surface area (Å²) in [5.41, 5.74) is 2.12. The first kappa shape index (κ1) is 18.7. The van der Waals surface area contributed by atoms with Crippen LogP contribution >= 0.6 is 23.2 Å². The van der Waals surface area contributed by atoms with Crippen LogP contribution < -0.4 is 0 Å². The van der Waals surface area contributed by atoms with Crippen LogP contribution in [-0.2, 0) is 5.60 Å². The van der Waals surface area contributed by atoms with Crippen molar-refractivity contribution in [3.63, 3.8) is 0 Å². The zero-order valence-corrected chi connectivity index (χ0v) is 15.8. The lowest BCUT2D eigenvalue weighted by Crippen LogP contribution is -2.44. The number of rotatable bonds is 4. The second kappa shape index (κ2) is 7.65. The topological polar surface area (TPSA) is 43.7 Å². The molecule has 1 atom stereocenters. The number of aliphatic hydroxyl groups excluding tert-OH is 1. The second-order valence-corrected chi connectivity index (χ2v) is 7.71. The lowest BCUT2D eigenvalue weighted by Gasteiger charge is -2.39. The molecule has 0 radical (unpaired) electrons. The van der Waals surface area contributed by atoms with Crippen molar-refractivity contribution in [1.29, 1.82) is 0 Å². The molecular weight excluding hydrogens is 357 g/mol. The number of nitrogens with zero attached hydrogens (tertiary/aromatic N) is 1. The third-order valence-electron chi connectivity index (χ3n) is 5.00. The highest BCUT2D eigenvalue weighted by Crippen LogP contribution is 2.34. The first-order valence-corrected chi connectivity index (χ1v) is 9.28. The second-order valence-electron chi connectivity index (χ2n) is 6.89. The van der Waals surface area contributed by atoms with E-state index in [9.17, 15) is 10.2 Å². The van der Waals surface area contributed by atoms with Gasteiger partial charge in [-0.15, -0.1) is 0 Å². The molecule has 0 unspecified atom stereocenters. The molecule has 1 fully saturated rings. The lowest BCUT2D eigenvalue weighted by atomic mass is 9.84. The van der Waals surface area contributed by atoms with Crippen LogP contribution in [0.15, 0.2) is 42.5 Å². The summed E-state index contributed by atoms with van der Waals surface area (Å²) in [5, 5.41) is 22.4. The fourth-order valence-corrected chi connectivity index (χ4v) is 3.70. The Morgan fingerprint density at radius 3 is 2.44 bits per heavy atom. The van der Waals surface area contributed by atoms with Crippen molar-refractivity contribution in [1.82, 2.24) is 4.90 Å². The van der Waals surface area contributed by atoms with E-state index in [1.807, 2.05) is 25.1 Å². The molecule has 5 heteroatoms. The number of aryl methyl sites for hydroxylation is 1. The molecule has 25 heavy (non-hydrogen) atoms. The molecule has 0 aliphatic carbocycles. The highest BCUT2D eigenvalue weighted by atomic mass is 35.5. The van der Waals surface area contributed by atoms with Gasteiger partial charge in [0.2, 0.25) is 0 Å². The molecule has 0 saturated carbocycles. The molecule has 0 aromatic heterocycles. The van der Waals surface area contributed by atoms with Crippen LogP contribution in [0.1, 0.15) is 35.6 Å². The summed E-state index contributed by atoms with van der Waals surface area (Å²) in [6.07, 6.45) is 0.690. The predicted octanol–water partition coefficient (Wildman–Crippen LogP) is 4.32. The number of halogens is 2. The Bertz CT molecular complexity index is 742. The summed E-state index contributed by atoms with van der Waals surface area (Å²) in [7, 11) is 0. The van der Waals surface area contributed by atoms with Crippen molar-refractivity contribution >= 4 is 23.2 Å². The zero-order valence-electron chi connectivity index (χ0n) is 14.3. The van der Waals surface area contributed by atoms with E-state index in [0.717, 1.165) is 29.8 Å². The number of hydrogen-bond donors (Lipinski definition) is 2. The number of benzene rings is 2. The van der Waals surface area contributed by atoms with Crippen LogP contribution in [0.2, 0.25) is 10.0 Å². The van der Waals surface area contributed by atoms with E-state index < -0.39 is 11.7 Å². The Labute approximate surface area is 158 Å². The third kappa shape index (κ3) is 4.36. The fourth-order valence-electron chi connectivity index (χ4n) is 3.40. The number of piperidine rings is 1. The fraction of sp³-hybridized carbons (Fsp3) is 0.400. The van der Waals surface area contributed by atoms with Crippen molar-refractivity contribution in [2.75, 3.05) is 19.6 Å². The summed E-state index contributed by atoms with van der Waals surface area (Å²) >= 11 is 12.0. The quantitative estimate of drug-likeness (QED) is 0.831. The van der Waals surface area contributed by atoms with E-state index in [2.05, 4.69) is 11.0 Å². The molecule has 1 saturated heterocycles. The zero-order chi connectivity index (χ0) is 18.0. The summed E-state index contributed by atoms with van der Waals surface area (Å²) < 4.78 is 0. The molecule has 2 aromatic rings. The molecule has 0 spiro atoms. The van der Waals surface area contributed by atoms with Gasteiger partial charge in [-0.05, 0) is 43.0 Å². The van der Waals surface area contributed by atoms with Crippen LogP contribution in [0.25, 0.3) is 0 Å². The van der Waals surface area contributed by atoms with Gasteiger partial charge < -0.3 is 15.1 Å². The molecule has 1 aliphatic heterocycles. The first-order valence-electron chi connectivity index (χ1n) is 8.52. The van der Waals surface area contributed by atoms with Gasteiger partial charge in [-0.2, -0.15) is 0 Å². The summed E-state index contributed by atoms with van der Waals surface area (Å²) in [6, 6.07) is 13.3. The van der Waals surface area contributed by atoms with Crippen molar-refractivity contribution in [2.24, 2.45) is 0 Å². The number of likely N-dealkylation sites (tertiary alicyclic amines) is 1. The Hall–Kier alpha value is -1.10. The number of β-amino-alcohol motifs (C(OH)–C–C–N with tert-alkyl or cyclic N) is 1. The Morgan fingerprint density at radius 1 is 1.08 bits per heavy atom. The van der Waals surface area contributed by atoms with Gasteiger partial charge >= 0.3 is 0 Å². The van der Waals surface area contributed by atoms with Crippen molar-refractivity contribution < 1.29 is 10.2 Å². The molecule has 3 rings (SSSR count). The minimum absolute atomic E-state index is 0.450. The highest BCUT2D eigenvalue weighted by Gasteiger charge is 2.34. The summed E-state index contributed by atoms with van der Waals surface area (Å²) in [4.78, 5) is 2.18. The van der Waals surface area contributed by atoms with Crippen LogP contribution in [-0.4, -0.2) is 34.7 Å². The molecule has 3 nitrogen and oxygen atoms in total. The smallest absolute Gasteiger partial charge is 0.0921 e. The van der Waals surface area contributed by atoms with E-state index >= 15 is 0 Å². The number of aliphatic hydroxyl groups is 2. The van der Waals surface area contributed by atoms with Gasteiger partial charge in [-0.25, -0.2) is 0 Å². The normalized spacial score (nSPS) is 18.9. The van der Waals surface area contributed by atoms with Crippen LogP contribution in [0.4, 0.5) is 0 Å². The predicted molar refractivity (Wildman–Crippen MR) is 102 cm³/mol. The molecule has 134 valence electrons. The molecule has 0 amide bonds. The maximum atomic E-state index is 11.0. The van der Waals surface area contributed by atoms with E-state index in [4.69, 9.17) is 23.2 Å². The molecular formula is C20H23Cl2NO2. The van der Waals surface area contributed by atoms with Crippen molar-refractivity contribution in [3.8, 4) is 0 Å². The van der Waals surface area contributed by atoms with Gasteiger partial charge in [0.1, 0.15) is 0 Å². The van der Waals surface area contributed by atoms with Gasteiger partial charge in [-0.1, -0.05) is 59.1 Å². The van der Waals surface area contributed by atoms with Crippen LogP contribution in [0, 0.1) is 6.92 Å². The minimum Gasteiger partial charge on any atom is -0.387 e. The van der Waals surface area contributed by atoms with Gasteiger partial charge in [0.15, 0.2) is 0 Å². The molecule has 2 N–H and O–H groups in total. The molecule has 2 aromatic carbocycles. The number of hydrogen-bond acceptors (Lipinski definition) is 3. The minimum atomic E-state index is -0.781. The van der Waals surface area contributed by atoms with Crippen molar-refractivity contribution in [2.45, 2.75) is 31.5 Å². The maximum Gasteiger partial charge on any atom is 0.0921 e. The largest absolute Gasteiger partial charge is 0.387 e. The highest BCUT2D eigenvalue weighted by molar-refractivity contribution is 6.42.